The van der Waals surface area contributed by atoms with Gasteiger partial charge in [-0.05, 0) is 38.5 Å². The highest BCUT2D eigenvalue weighted by Gasteiger charge is 2.13. The maximum atomic E-state index is 8.81. The molecule has 0 radical (unpaired) electrons. The van der Waals surface area contributed by atoms with E-state index in [2.05, 4.69) is 14.1 Å². The maximum absolute atomic E-state index is 8.81. The minimum absolute atomic E-state index is 0. The number of halogens is 1. The lowest BCUT2D eigenvalue weighted by atomic mass is 9.99. The molecule has 0 amide bonds. The van der Waals surface area contributed by atoms with Gasteiger partial charge in [0.2, 0.25) is 0 Å². The van der Waals surface area contributed by atoms with Crippen LogP contribution in [0.3, 0.4) is 0 Å². The molecule has 0 fully saturated rings. The summed E-state index contributed by atoms with van der Waals surface area (Å²) in [5, 5.41) is 17.6. The standard InChI is InChI=1S/C39H81NO2.BrH/c1-40(2)39(35-31-27-23-19-15-11-7-3-5-9-13-17-21-25-29-33-37-41)36-32-28-24-20-16-12-8-4-6-10-14-18-22-26-30-34-38-42;/h39,41-42H,3-38H2,1-2H3;1H. The van der Waals surface area contributed by atoms with Gasteiger partial charge in [-0.2, -0.15) is 0 Å². The molecule has 0 bridgehead atoms. The molecule has 3 nitrogen and oxygen atoms in total. The van der Waals surface area contributed by atoms with Crippen molar-refractivity contribution in [2.45, 2.75) is 224 Å². The fourth-order valence-corrected chi connectivity index (χ4v) is 6.68. The van der Waals surface area contributed by atoms with E-state index in [0.29, 0.717) is 13.2 Å². The quantitative estimate of drug-likeness (QED) is 0.0590. The lowest BCUT2D eigenvalue weighted by molar-refractivity contribution is -0.886. The predicted octanol–water partition coefficient (Wildman–Crippen LogP) is 7.75. The summed E-state index contributed by atoms with van der Waals surface area (Å²) < 4.78 is 0. The molecule has 0 unspecified atom stereocenters. The Hall–Kier alpha value is 0.360. The van der Waals surface area contributed by atoms with Crippen molar-refractivity contribution in [3.8, 4) is 0 Å². The van der Waals surface area contributed by atoms with E-state index in [1.54, 1.807) is 4.90 Å². The summed E-state index contributed by atoms with van der Waals surface area (Å²) >= 11 is 0. The second-order valence-electron chi connectivity index (χ2n) is 14.1. The normalized spacial score (nSPS) is 11.6. The van der Waals surface area contributed by atoms with Crippen LogP contribution in [0.25, 0.3) is 0 Å². The van der Waals surface area contributed by atoms with Crippen LogP contribution in [0.15, 0.2) is 0 Å². The van der Waals surface area contributed by atoms with E-state index in [4.69, 9.17) is 10.2 Å². The van der Waals surface area contributed by atoms with E-state index in [1.807, 2.05) is 0 Å². The van der Waals surface area contributed by atoms with Gasteiger partial charge in [0.25, 0.3) is 0 Å². The van der Waals surface area contributed by atoms with Crippen LogP contribution >= 0.6 is 0 Å². The Balaban J connectivity index is 0. The van der Waals surface area contributed by atoms with Crippen molar-refractivity contribution in [3.63, 3.8) is 0 Å². The fourth-order valence-electron chi connectivity index (χ4n) is 6.68. The number of quaternary nitrogens is 1. The zero-order chi connectivity index (χ0) is 30.6. The highest BCUT2D eigenvalue weighted by molar-refractivity contribution is 4.59. The molecule has 3 N–H and O–H groups in total. The summed E-state index contributed by atoms with van der Waals surface area (Å²) in [6.07, 6.45) is 47.3. The lowest BCUT2D eigenvalue weighted by Gasteiger charge is -2.21. The van der Waals surface area contributed by atoms with Crippen molar-refractivity contribution < 1.29 is 32.1 Å². The highest BCUT2D eigenvalue weighted by atomic mass is 79.9. The minimum Gasteiger partial charge on any atom is -1.00 e. The second kappa shape index (κ2) is 40.4. The number of aliphatic hydroxyl groups excluding tert-OH is 2. The third-order valence-electron chi connectivity index (χ3n) is 9.74. The van der Waals surface area contributed by atoms with Gasteiger partial charge in [-0.15, -0.1) is 0 Å². The van der Waals surface area contributed by atoms with Crippen molar-refractivity contribution in [3.05, 3.63) is 0 Å². The summed E-state index contributed by atoms with van der Waals surface area (Å²) in [6.45, 7) is 0.739. The summed E-state index contributed by atoms with van der Waals surface area (Å²) in [5.74, 6) is 0. The Kier molecular flexibility index (Phi) is 42.7. The molecular weight excluding hydrogens is 594 g/mol. The molecule has 262 valence electrons. The molecule has 0 aliphatic carbocycles. The van der Waals surface area contributed by atoms with Gasteiger partial charge in [0.05, 0.1) is 20.1 Å². The van der Waals surface area contributed by atoms with E-state index >= 15 is 0 Å². The van der Waals surface area contributed by atoms with Crippen LogP contribution in [0.5, 0.6) is 0 Å². The van der Waals surface area contributed by atoms with Gasteiger partial charge in [0.15, 0.2) is 0 Å². The summed E-state index contributed by atoms with van der Waals surface area (Å²) in [5.41, 5.74) is 0. The Morgan fingerprint density at radius 2 is 0.465 bits per heavy atom. The van der Waals surface area contributed by atoms with E-state index < -0.39 is 0 Å². The number of hydrogen-bond acceptors (Lipinski definition) is 2. The molecule has 0 saturated heterocycles. The first-order chi connectivity index (χ1) is 20.7. The topological polar surface area (TPSA) is 44.9 Å². The monoisotopic (exact) mass is 676 g/mol. The number of unbranched alkanes of at least 4 members (excludes halogenated alkanes) is 30. The first-order valence-electron chi connectivity index (χ1n) is 19.7. The third kappa shape index (κ3) is 38.5. The molecule has 0 aromatic rings. The SMILES string of the molecule is C[NH+](C)C(CCCCCCCCCCCCCCCCCCO)CCCCCCCCCCCCCCCCCCO.[Br-]. The van der Waals surface area contributed by atoms with Crippen LogP contribution in [0, 0.1) is 0 Å². The molecule has 0 atom stereocenters. The van der Waals surface area contributed by atoms with Gasteiger partial charge in [-0.25, -0.2) is 0 Å². The van der Waals surface area contributed by atoms with Crippen LogP contribution in [0.1, 0.15) is 218 Å². The first-order valence-corrected chi connectivity index (χ1v) is 19.7. The van der Waals surface area contributed by atoms with E-state index in [1.165, 1.54) is 205 Å². The second-order valence-corrected chi connectivity index (χ2v) is 14.1. The molecule has 0 aromatic heterocycles. The van der Waals surface area contributed by atoms with Crippen molar-refractivity contribution in [1.29, 1.82) is 0 Å². The molecule has 0 rings (SSSR count). The fraction of sp³-hybridized carbons (Fsp3) is 1.00. The maximum Gasteiger partial charge on any atom is 0.0870 e. The summed E-state index contributed by atoms with van der Waals surface area (Å²) in [4.78, 5) is 1.68. The Bertz CT molecular complexity index is 438. The van der Waals surface area contributed by atoms with Crippen LogP contribution < -0.4 is 21.9 Å². The molecular formula is C39H82BrNO2. The van der Waals surface area contributed by atoms with E-state index in [9.17, 15) is 0 Å². The average molecular weight is 677 g/mol. The van der Waals surface area contributed by atoms with Gasteiger partial charge >= 0.3 is 0 Å². The number of aliphatic hydroxyl groups is 2. The van der Waals surface area contributed by atoms with E-state index in [-0.39, 0.29) is 17.0 Å². The first kappa shape index (κ1) is 45.5. The van der Waals surface area contributed by atoms with Gasteiger partial charge in [0, 0.05) is 13.2 Å². The number of nitrogens with one attached hydrogen (secondary N) is 1. The van der Waals surface area contributed by atoms with Crippen LogP contribution in [-0.2, 0) is 0 Å². The van der Waals surface area contributed by atoms with Gasteiger partial charge in [0.1, 0.15) is 0 Å². The molecule has 43 heavy (non-hydrogen) atoms. The molecule has 0 aromatic carbocycles. The van der Waals surface area contributed by atoms with E-state index in [0.717, 1.165) is 18.9 Å². The minimum atomic E-state index is 0. The summed E-state index contributed by atoms with van der Waals surface area (Å²) in [6, 6.07) is 0.881. The molecule has 0 heterocycles. The van der Waals surface area contributed by atoms with Crippen LogP contribution in [0.4, 0.5) is 0 Å². The van der Waals surface area contributed by atoms with Gasteiger partial charge in [-0.1, -0.05) is 180 Å². The molecule has 0 saturated carbocycles. The smallest absolute Gasteiger partial charge is 0.0870 e. The number of rotatable bonds is 37. The summed E-state index contributed by atoms with van der Waals surface area (Å²) in [7, 11) is 4.76. The van der Waals surface area contributed by atoms with Crippen molar-refractivity contribution >= 4 is 0 Å². The largest absolute Gasteiger partial charge is 1.00 e. The van der Waals surface area contributed by atoms with Crippen molar-refractivity contribution in [2.24, 2.45) is 0 Å². The molecule has 4 heteroatoms. The number of hydrogen-bond donors (Lipinski definition) is 3. The highest BCUT2D eigenvalue weighted by Crippen LogP contribution is 2.17. The van der Waals surface area contributed by atoms with Crippen molar-refractivity contribution in [1.82, 2.24) is 0 Å². The Morgan fingerprint density at radius 1 is 0.302 bits per heavy atom. The van der Waals surface area contributed by atoms with Crippen LogP contribution in [0.2, 0.25) is 0 Å². The van der Waals surface area contributed by atoms with Gasteiger partial charge < -0.3 is 32.1 Å². The molecule has 0 aliphatic heterocycles. The zero-order valence-corrected chi connectivity index (χ0v) is 31.4. The predicted molar refractivity (Wildman–Crippen MR) is 188 cm³/mol. The molecule has 0 spiro atoms. The van der Waals surface area contributed by atoms with Crippen LogP contribution in [-0.4, -0.2) is 43.6 Å². The average Bonchev–Trinajstić information content (AvgIpc) is 2.99. The molecule has 0 aliphatic rings. The zero-order valence-electron chi connectivity index (χ0n) is 29.8. The van der Waals surface area contributed by atoms with Crippen molar-refractivity contribution in [2.75, 3.05) is 27.3 Å². The Morgan fingerprint density at radius 3 is 0.628 bits per heavy atom. The van der Waals surface area contributed by atoms with Gasteiger partial charge in [-0.3, -0.25) is 0 Å². The lowest BCUT2D eigenvalue weighted by Crippen LogP contribution is -3.10. The third-order valence-corrected chi connectivity index (χ3v) is 9.74. The Labute approximate surface area is 282 Å².